The third-order valence-corrected chi connectivity index (χ3v) is 5.11. The zero-order chi connectivity index (χ0) is 15.4. The highest BCUT2D eigenvalue weighted by Gasteiger charge is 2.25. The summed E-state index contributed by atoms with van der Waals surface area (Å²) in [6.45, 7) is 4.69. The monoisotopic (exact) mass is 319 g/mol. The van der Waals surface area contributed by atoms with E-state index in [1.54, 1.807) is 22.3 Å². The van der Waals surface area contributed by atoms with Gasteiger partial charge in [-0.15, -0.1) is 11.3 Å². The fourth-order valence-electron chi connectivity index (χ4n) is 2.83. The summed E-state index contributed by atoms with van der Waals surface area (Å²) >= 11 is 1.76. The second kappa shape index (κ2) is 7.02. The van der Waals surface area contributed by atoms with Gasteiger partial charge >= 0.3 is 0 Å². The molecule has 1 saturated heterocycles. The van der Waals surface area contributed by atoms with Crippen LogP contribution in [0.15, 0.2) is 30.2 Å². The van der Waals surface area contributed by atoms with Gasteiger partial charge in [-0.25, -0.2) is 9.67 Å². The molecule has 22 heavy (non-hydrogen) atoms. The van der Waals surface area contributed by atoms with E-state index in [0.29, 0.717) is 6.54 Å². The van der Waals surface area contributed by atoms with Crippen LogP contribution in [0.4, 0.5) is 0 Å². The highest BCUT2D eigenvalue weighted by atomic mass is 32.1. The predicted octanol–water partition coefficient (Wildman–Crippen LogP) is 1.85. The first-order chi connectivity index (χ1) is 10.8. The lowest BCUT2D eigenvalue weighted by Crippen LogP contribution is -2.39. The van der Waals surface area contributed by atoms with Crippen LogP contribution in [0.25, 0.3) is 0 Å². The van der Waals surface area contributed by atoms with Crippen molar-refractivity contribution in [1.82, 2.24) is 25.0 Å². The van der Waals surface area contributed by atoms with Crippen LogP contribution < -0.4 is 5.32 Å². The number of carbonyl (C=O) groups excluding carboxylic acids is 1. The van der Waals surface area contributed by atoms with Crippen LogP contribution >= 0.6 is 11.3 Å². The largest absolute Gasteiger partial charge is 0.352 e. The second-order valence-corrected chi connectivity index (χ2v) is 6.55. The van der Waals surface area contributed by atoms with Crippen LogP contribution in [0.2, 0.25) is 0 Å². The maximum absolute atomic E-state index is 12.3. The molecule has 0 aliphatic carbocycles. The lowest BCUT2D eigenvalue weighted by molar-refractivity contribution is -0.124. The fourth-order valence-corrected chi connectivity index (χ4v) is 3.69. The molecule has 1 fully saturated rings. The molecule has 0 spiro atoms. The quantitative estimate of drug-likeness (QED) is 0.883. The number of hydrogen-bond donors (Lipinski definition) is 1. The summed E-state index contributed by atoms with van der Waals surface area (Å²) in [5.74, 6) is -0.0220. The maximum Gasteiger partial charge on any atom is 0.244 e. The molecule has 118 valence electrons. The normalized spacial score (nSPS) is 18.2. The van der Waals surface area contributed by atoms with E-state index in [4.69, 9.17) is 0 Å². The van der Waals surface area contributed by atoms with Gasteiger partial charge in [0.25, 0.3) is 0 Å². The molecule has 3 rings (SSSR count). The number of rotatable bonds is 6. The summed E-state index contributed by atoms with van der Waals surface area (Å²) in [5.41, 5.74) is 0. The van der Waals surface area contributed by atoms with E-state index in [9.17, 15) is 4.79 Å². The van der Waals surface area contributed by atoms with Crippen LogP contribution in [0, 0.1) is 0 Å². The van der Waals surface area contributed by atoms with E-state index in [1.807, 2.05) is 6.92 Å². The Balaban J connectivity index is 1.62. The van der Waals surface area contributed by atoms with Crippen molar-refractivity contribution >= 4 is 17.2 Å². The molecule has 1 amide bonds. The number of amides is 1. The molecule has 2 atom stereocenters. The first kappa shape index (κ1) is 15.2. The third-order valence-electron chi connectivity index (χ3n) is 4.14. The van der Waals surface area contributed by atoms with Crippen LogP contribution in [-0.2, 0) is 4.79 Å². The van der Waals surface area contributed by atoms with E-state index in [0.717, 1.165) is 13.1 Å². The Hall–Kier alpha value is -1.73. The molecular formula is C15H21N5OS. The molecule has 1 aliphatic rings. The number of aromatic nitrogens is 3. The van der Waals surface area contributed by atoms with Gasteiger partial charge in [0, 0.05) is 11.4 Å². The number of carbonyl (C=O) groups is 1. The van der Waals surface area contributed by atoms with Gasteiger partial charge in [0.15, 0.2) is 0 Å². The van der Waals surface area contributed by atoms with Crippen LogP contribution in [0.5, 0.6) is 0 Å². The van der Waals surface area contributed by atoms with Crippen molar-refractivity contribution < 1.29 is 4.79 Å². The van der Waals surface area contributed by atoms with Gasteiger partial charge in [0.05, 0.1) is 6.04 Å². The second-order valence-electron chi connectivity index (χ2n) is 5.57. The predicted molar refractivity (Wildman–Crippen MR) is 85.6 cm³/mol. The molecule has 0 radical (unpaired) electrons. The summed E-state index contributed by atoms with van der Waals surface area (Å²) in [6, 6.07) is 4.16. The van der Waals surface area contributed by atoms with Gasteiger partial charge in [0.1, 0.15) is 18.7 Å². The average molecular weight is 319 g/mol. The summed E-state index contributed by atoms with van der Waals surface area (Å²) in [5, 5.41) is 9.20. The standard InChI is InChI=1S/C15H21N5OS/c1-12(20-11-16-10-18-20)15(21)17-9-13(14-5-4-8-22-14)19-6-2-3-7-19/h4-5,8,10-13H,2-3,6-7,9H2,1H3,(H,17,21)/t12-,13-/m1/s1. The molecule has 3 heterocycles. The highest BCUT2D eigenvalue weighted by Crippen LogP contribution is 2.27. The topological polar surface area (TPSA) is 63.1 Å². The molecule has 1 aliphatic heterocycles. The number of hydrogen-bond acceptors (Lipinski definition) is 5. The number of nitrogens with zero attached hydrogens (tertiary/aromatic N) is 4. The van der Waals surface area contributed by atoms with E-state index in [-0.39, 0.29) is 18.0 Å². The van der Waals surface area contributed by atoms with E-state index in [2.05, 4.69) is 37.8 Å². The zero-order valence-corrected chi connectivity index (χ0v) is 13.5. The molecule has 0 saturated carbocycles. The Kier molecular flexibility index (Phi) is 4.84. The molecule has 0 bridgehead atoms. The molecule has 6 nitrogen and oxygen atoms in total. The molecule has 7 heteroatoms. The van der Waals surface area contributed by atoms with Gasteiger partial charge in [-0.3, -0.25) is 9.69 Å². The number of thiophene rings is 1. The van der Waals surface area contributed by atoms with E-state index >= 15 is 0 Å². The number of likely N-dealkylation sites (tertiary alicyclic amines) is 1. The Morgan fingerprint density at radius 3 is 2.91 bits per heavy atom. The van der Waals surface area contributed by atoms with Crippen LogP contribution in [-0.4, -0.2) is 45.2 Å². The van der Waals surface area contributed by atoms with Gasteiger partial charge < -0.3 is 5.32 Å². The number of nitrogens with one attached hydrogen (secondary N) is 1. The van der Waals surface area contributed by atoms with Crippen LogP contribution in [0.3, 0.4) is 0 Å². The van der Waals surface area contributed by atoms with Crippen molar-refractivity contribution in [1.29, 1.82) is 0 Å². The van der Waals surface area contributed by atoms with Crippen LogP contribution in [0.1, 0.15) is 36.7 Å². The lowest BCUT2D eigenvalue weighted by Gasteiger charge is -2.27. The SMILES string of the molecule is C[C@H](C(=O)NC[C@H](c1cccs1)N1CCCC1)n1cncn1. The van der Waals surface area contributed by atoms with Crippen molar-refractivity contribution in [3.63, 3.8) is 0 Å². The highest BCUT2D eigenvalue weighted by molar-refractivity contribution is 7.10. The zero-order valence-electron chi connectivity index (χ0n) is 12.7. The minimum absolute atomic E-state index is 0.0220. The van der Waals surface area contributed by atoms with E-state index < -0.39 is 0 Å². The maximum atomic E-state index is 12.3. The lowest BCUT2D eigenvalue weighted by atomic mass is 10.2. The Morgan fingerprint density at radius 2 is 2.27 bits per heavy atom. The Morgan fingerprint density at radius 1 is 1.45 bits per heavy atom. The van der Waals surface area contributed by atoms with Crippen molar-refractivity contribution in [2.45, 2.75) is 31.8 Å². The van der Waals surface area contributed by atoms with Gasteiger partial charge in [-0.1, -0.05) is 6.07 Å². The fraction of sp³-hybridized carbons (Fsp3) is 0.533. The van der Waals surface area contributed by atoms with Crippen molar-refractivity contribution in [3.8, 4) is 0 Å². The summed E-state index contributed by atoms with van der Waals surface area (Å²) < 4.78 is 1.57. The summed E-state index contributed by atoms with van der Waals surface area (Å²) in [4.78, 5) is 20.0. The average Bonchev–Trinajstić information content (AvgIpc) is 3.27. The molecule has 0 aromatic carbocycles. The molecular weight excluding hydrogens is 298 g/mol. The summed E-state index contributed by atoms with van der Waals surface area (Å²) in [6.07, 6.45) is 5.50. The Labute approximate surface area is 134 Å². The van der Waals surface area contributed by atoms with Gasteiger partial charge in [-0.05, 0) is 44.3 Å². The smallest absolute Gasteiger partial charge is 0.244 e. The third kappa shape index (κ3) is 3.36. The minimum Gasteiger partial charge on any atom is -0.352 e. The van der Waals surface area contributed by atoms with Gasteiger partial charge in [0.2, 0.25) is 5.91 Å². The molecule has 2 aromatic heterocycles. The first-order valence-corrected chi connectivity index (χ1v) is 8.53. The minimum atomic E-state index is -0.343. The van der Waals surface area contributed by atoms with Crippen molar-refractivity contribution in [3.05, 3.63) is 35.0 Å². The van der Waals surface area contributed by atoms with Crippen molar-refractivity contribution in [2.24, 2.45) is 0 Å². The Bertz CT molecular complexity index is 577. The summed E-state index contributed by atoms with van der Waals surface area (Å²) in [7, 11) is 0. The van der Waals surface area contributed by atoms with Crippen molar-refractivity contribution in [2.75, 3.05) is 19.6 Å². The van der Waals surface area contributed by atoms with Gasteiger partial charge in [-0.2, -0.15) is 5.10 Å². The molecule has 1 N–H and O–H groups in total. The molecule has 2 aromatic rings. The van der Waals surface area contributed by atoms with E-state index in [1.165, 1.54) is 24.0 Å². The first-order valence-electron chi connectivity index (χ1n) is 7.65. The molecule has 0 unspecified atom stereocenters.